The highest BCUT2D eigenvalue weighted by molar-refractivity contribution is 8.13. The Balaban J connectivity index is 2.67. The predicted molar refractivity (Wildman–Crippen MR) is 79.8 cm³/mol. The topological polar surface area (TPSA) is 114 Å². The number of halogens is 1. The van der Waals surface area contributed by atoms with Crippen LogP contribution in [0.5, 0.6) is 0 Å². The van der Waals surface area contributed by atoms with E-state index >= 15 is 0 Å². The van der Waals surface area contributed by atoms with Gasteiger partial charge < -0.3 is 0 Å². The molecule has 1 N–H and O–H groups in total. The molecule has 0 fully saturated rings. The standard InChI is InChI=1S/C10H14ClNO6S3/c1-19(13,14)6-7-20(15,16)12-8-9-2-4-10(5-3-9)21(11,17)18/h2-5,12H,6-8H2,1H3. The van der Waals surface area contributed by atoms with Gasteiger partial charge >= 0.3 is 0 Å². The lowest BCUT2D eigenvalue weighted by Crippen LogP contribution is -2.29. The van der Waals surface area contributed by atoms with Crippen LogP contribution >= 0.6 is 10.7 Å². The van der Waals surface area contributed by atoms with Gasteiger partial charge in [0.2, 0.25) is 10.0 Å². The van der Waals surface area contributed by atoms with Gasteiger partial charge in [0.15, 0.2) is 0 Å². The van der Waals surface area contributed by atoms with Gasteiger partial charge in [-0.3, -0.25) is 0 Å². The zero-order valence-electron chi connectivity index (χ0n) is 11.0. The molecule has 0 saturated carbocycles. The molecule has 11 heteroatoms. The highest BCUT2D eigenvalue weighted by atomic mass is 35.7. The molecule has 120 valence electrons. The summed E-state index contributed by atoms with van der Waals surface area (Å²) in [6.07, 6.45) is 0.952. The van der Waals surface area contributed by atoms with E-state index in [0.29, 0.717) is 5.56 Å². The molecular formula is C10H14ClNO6S3. The van der Waals surface area contributed by atoms with Gasteiger partial charge in [0.25, 0.3) is 9.05 Å². The number of hydrogen-bond acceptors (Lipinski definition) is 6. The molecule has 1 aromatic carbocycles. The number of rotatable bonds is 7. The maximum Gasteiger partial charge on any atom is 0.261 e. The molecule has 0 saturated heterocycles. The average molecular weight is 376 g/mol. The van der Waals surface area contributed by atoms with E-state index in [1.54, 1.807) is 0 Å². The van der Waals surface area contributed by atoms with Crippen LogP contribution in [0.2, 0.25) is 0 Å². The van der Waals surface area contributed by atoms with Crippen LogP contribution in [0.25, 0.3) is 0 Å². The SMILES string of the molecule is CS(=O)(=O)CCS(=O)(=O)NCc1ccc(S(=O)(=O)Cl)cc1. The zero-order valence-corrected chi connectivity index (χ0v) is 14.2. The average Bonchev–Trinajstić information content (AvgIpc) is 2.33. The molecule has 0 unspecified atom stereocenters. The van der Waals surface area contributed by atoms with Gasteiger partial charge in [0, 0.05) is 23.5 Å². The van der Waals surface area contributed by atoms with Crippen LogP contribution < -0.4 is 4.72 Å². The van der Waals surface area contributed by atoms with E-state index in [0.717, 1.165) is 6.26 Å². The minimum atomic E-state index is -3.82. The predicted octanol–water partition coefficient (Wildman–Crippen LogP) is 0.0781. The lowest BCUT2D eigenvalue weighted by molar-refractivity contribution is 0.578. The van der Waals surface area contributed by atoms with E-state index in [-0.39, 0.29) is 11.4 Å². The van der Waals surface area contributed by atoms with Gasteiger partial charge in [-0.05, 0) is 17.7 Å². The summed E-state index contributed by atoms with van der Waals surface area (Å²) in [5.74, 6) is -0.994. The summed E-state index contributed by atoms with van der Waals surface area (Å²) in [6.45, 7) is -0.0747. The van der Waals surface area contributed by atoms with E-state index in [4.69, 9.17) is 10.7 Å². The van der Waals surface area contributed by atoms with Crippen LogP contribution in [0.1, 0.15) is 5.56 Å². The van der Waals surface area contributed by atoms with E-state index in [2.05, 4.69) is 4.72 Å². The molecule has 1 rings (SSSR count). The lowest BCUT2D eigenvalue weighted by atomic mass is 10.2. The molecule has 0 aliphatic rings. The summed E-state index contributed by atoms with van der Waals surface area (Å²) < 4.78 is 69.3. The summed E-state index contributed by atoms with van der Waals surface area (Å²) in [5.41, 5.74) is 0.516. The number of benzene rings is 1. The van der Waals surface area contributed by atoms with Crippen molar-refractivity contribution in [1.29, 1.82) is 0 Å². The normalized spacial score (nSPS) is 13.2. The number of sulfonamides is 1. The Hall–Kier alpha value is -0.680. The minimum Gasteiger partial charge on any atom is -0.229 e. The second-order valence-electron chi connectivity index (χ2n) is 4.35. The fourth-order valence-electron chi connectivity index (χ4n) is 1.30. The van der Waals surface area contributed by atoms with E-state index in [1.807, 2.05) is 0 Å². The maximum atomic E-state index is 11.6. The molecular weight excluding hydrogens is 362 g/mol. The summed E-state index contributed by atoms with van der Waals surface area (Å²) in [5, 5.41) is 0. The van der Waals surface area contributed by atoms with Gasteiger partial charge in [-0.1, -0.05) is 12.1 Å². The Kier molecular flexibility index (Phi) is 5.78. The van der Waals surface area contributed by atoms with E-state index in [9.17, 15) is 25.3 Å². The Morgan fingerprint density at radius 2 is 1.48 bits per heavy atom. The smallest absolute Gasteiger partial charge is 0.229 e. The van der Waals surface area contributed by atoms with Crippen LogP contribution in [0.15, 0.2) is 29.2 Å². The Morgan fingerprint density at radius 3 is 1.90 bits per heavy atom. The molecule has 0 heterocycles. The Bertz CT molecular complexity index is 797. The molecule has 21 heavy (non-hydrogen) atoms. The van der Waals surface area contributed by atoms with Crippen LogP contribution in [0.4, 0.5) is 0 Å². The first kappa shape index (κ1) is 18.4. The van der Waals surface area contributed by atoms with Crippen molar-refractivity contribution in [1.82, 2.24) is 4.72 Å². The van der Waals surface area contributed by atoms with E-state index < -0.39 is 40.4 Å². The van der Waals surface area contributed by atoms with Crippen molar-refractivity contribution in [2.24, 2.45) is 0 Å². The molecule has 7 nitrogen and oxygen atoms in total. The molecule has 0 atom stereocenters. The van der Waals surface area contributed by atoms with Crippen LogP contribution in [0, 0.1) is 0 Å². The third-order valence-corrected chi connectivity index (χ3v) is 6.32. The van der Waals surface area contributed by atoms with Crippen LogP contribution in [0.3, 0.4) is 0 Å². The first-order chi connectivity index (χ1) is 9.39. The second kappa shape index (κ2) is 6.61. The third-order valence-electron chi connectivity index (χ3n) is 2.42. The van der Waals surface area contributed by atoms with Crippen molar-refractivity contribution in [3.05, 3.63) is 29.8 Å². The summed E-state index contributed by atoms with van der Waals surface area (Å²) in [7, 11) is -5.76. The minimum absolute atomic E-state index is 0.0747. The second-order valence-corrected chi connectivity index (χ2v) is 11.1. The largest absolute Gasteiger partial charge is 0.261 e. The van der Waals surface area contributed by atoms with Gasteiger partial charge in [-0.2, -0.15) is 0 Å². The van der Waals surface area contributed by atoms with E-state index in [1.165, 1.54) is 24.3 Å². The van der Waals surface area contributed by atoms with Gasteiger partial charge in [0.05, 0.1) is 16.4 Å². The monoisotopic (exact) mass is 375 g/mol. The van der Waals surface area contributed by atoms with Crippen molar-refractivity contribution >= 4 is 39.6 Å². The zero-order chi connectivity index (χ0) is 16.3. The highest BCUT2D eigenvalue weighted by Gasteiger charge is 2.14. The molecule has 1 aromatic rings. The summed E-state index contributed by atoms with van der Waals surface area (Å²) in [6, 6.07) is 5.33. The molecule has 0 aliphatic heterocycles. The van der Waals surface area contributed by atoms with Crippen LogP contribution in [-0.2, 0) is 35.5 Å². The Labute approximate surface area is 128 Å². The summed E-state index contributed by atoms with van der Waals surface area (Å²) >= 11 is 0. The molecule has 0 amide bonds. The molecule has 0 spiro atoms. The van der Waals surface area contributed by atoms with Crippen molar-refractivity contribution in [3.8, 4) is 0 Å². The number of sulfone groups is 1. The molecule has 0 bridgehead atoms. The van der Waals surface area contributed by atoms with Crippen molar-refractivity contribution in [2.45, 2.75) is 11.4 Å². The third kappa shape index (κ3) is 7.23. The first-order valence-corrected chi connectivity index (χ1v) is 11.6. The number of nitrogens with one attached hydrogen (secondary N) is 1. The van der Waals surface area contributed by atoms with Gasteiger partial charge in [0.1, 0.15) is 9.84 Å². The van der Waals surface area contributed by atoms with Crippen molar-refractivity contribution in [2.75, 3.05) is 17.8 Å². The van der Waals surface area contributed by atoms with Gasteiger partial charge in [-0.15, -0.1) is 0 Å². The molecule has 0 aromatic heterocycles. The lowest BCUT2D eigenvalue weighted by Gasteiger charge is -2.06. The van der Waals surface area contributed by atoms with Crippen LogP contribution in [-0.4, -0.2) is 43.0 Å². The first-order valence-electron chi connectivity index (χ1n) is 5.58. The van der Waals surface area contributed by atoms with Crippen molar-refractivity contribution < 1.29 is 25.3 Å². The number of hydrogen-bond donors (Lipinski definition) is 1. The van der Waals surface area contributed by atoms with Crippen molar-refractivity contribution in [3.63, 3.8) is 0 Å². The van der Waals surface area contributed by atoms with Gasteiger partial charge in [-0.25, -0.2) is 30.0 Å². The molecule has 0 aliphatic carbocycles. The maximum absolute atomic E-state index is 11.6. The fraction of sp³-hybridized carbons (Fsp3) is 0.400. The molecule has 0 radical (unpaired) electrons. The Morgan fingerprint density at radius 1 is 0.952 bits per heavy atom. The summed E-state index contributed by atoms with van der Waals surface area (Å²) in [4.78, 5) is -0.0900. The highest BCUT2D eigenvalue weighted by Crippen LogP contribution is 2.15. The fourth-order valence-corrected chi connectivity index (χ4v) is 4.69. The quantitative estimate of drug-likeness (QED) is 0.675.